The third kappa shape index (κ3) is 2.95. The normalized spacial score (nSPS) is 28.2. The maximum atomic E-state index is 5.45. The van der Waals surface area contributed by atoms with Gasteiger partial charge >= 0.3 is 0 Å². The Bertz CT molecular complexity index is 150. The molecule has 1 saturated carbocycles. The summed E-state index contributed by atoms with van der Waals surface area (Å²) in [6.45, 7) is 9.74. The van der Waals surface area contributed by atoms with Crippen LogP contribution in [-0.4, -0.2) is 25.3 Å². The Morgan fingerprint density at radius 1 is 1.58 bits per heavy atom. The van der Waals surface area contributed by atoms with Crippen LogP contribution >= 0.6 is 0 Å². The van der Waals surface area contributed by atoms with E-state index in [9.17, 15) is 0 Å². The molecule has 0 aliphatic heterocycles. The van der Waals surface area contributed by atoms with Gasteiger partial charge in [-0.1, -0.05) is 12.2 Å². The van der Waals surface area contributed by atoms with Gasteiger partial charge in [0.25, 0.3) is 0 Å². The van der Waals surface area contributed by atoms with Crippen molar-refractivity contribution < 1.29 is 4.74 Å². The maximum Gasteiger partial charge on any atom is 0.0604 e. The van der Waals surface area contributed by atoms with Gasteiger partial charge in [0.05, 0.1) is 6.10 Å². The minimum atomic E-state index is 0.512. The second-order valence-electron chi connectivity index (χ2n) is 3.58. The van der Waals surface area contributed by atoms with Gasteiger partial charge < -0.3 is 10.1 Å². The molecule has 0 bridgehead atoms. The Hall–Kier alpha value is -0.340. The van der Waals surface area contributed by atoms with E-state index in [2.05, 4.69) is 18.8 Å². The first kappa shape index (κ1) is 9.75. The monoisotopic (exact) mass is 169 g/mol. The summed E-state index contributed by atoms with van der Waals surface area (Å²) in [7, 11) is 0. The molecule has 0 atom stereocenters. The summed E-state index contributed by atoms with van der Waals surface area (Å²) in [5, 5.41) is 3.43. The molecule has 0 spiro atoms. The summed E-state index contributed by atoms with van der Waals surface area (Å²) in [6, 6.07) is 0.665. The molecule has 0 radical (unpaired) electrons. The van der Waals surface area contributed by atoms with Crippen LogP contribution in [0.2, 0.25) is 0 Å². The minimum Gasteiger partial charge on any atom is -0.378 e. The number of ether oxygens (including phenoxy) is 1. The first-order valence-corrected chi connectivity index (χ1v) is 4.71. The molecule has 0 amide bonds. The molecule has 70 valence electrons. The van der Waals surface area contributed by atoms with Crippen molar-refractivity contribution >= 4 is 0 Å². The summed E-state index contributed by atoms with van der Waals surface area (Å²) in [5.74, 6) is 0. The SMILES string of the molecule is C=C(C)CNC1CC(OCC)C1. The fourth-order valence-electron chi connectivity index (χ4n) is 1.42. The molecule has 2 nitrogen and oxygen atoms in total. The Morgan fingerprint density at radius 2 is 2.25 bits per heavy atom. The van der Waals surface area contributed by atoms with Crippen LogP contribution < -0.4 is 5.32 Å². The largest absolute Gasteiger partial charge is 0.378 e. The molecule has 0 heterocycles. The lowest BCUT2D eigenvalue weighted by Crippen LogP contribution is -2.45. The fourth-order valence-corrected chi connectivity index (χ4v) is 1.42. The standard InChI is InChI=1S/C10H19NO/c1-4-12-10-5-9(6-10)11-7-8(2)3/h9-11H,2,4-7H2,1,3H3. The highest BCUT2D eigenvalue weighted by Gasteiger charge is 2.28. The van der Waals surface area contributed by atoms with Gasteiger partial charge in [-0.2, -0.15) is 0 Å². The quantitative estimate of drug-likeness (QED) is 0.633. The van der Waals surface area contributed by atoms with Gasteiger partial charge in [0.2, 0.25) is 0 Å². The maximum absolute atomic E-state index is 5.45. The predicted octanol–water partition coefficient (Wildman–Crippen LogP) is 1.72. The van der Waals surface area contributed by atoms with Crippen molar-refractivity contribution in [1.29, 1.82) is 0 Å². The predicted molar refractivity (Wildman–Crippen MR) is 51.3 cm³/mol. The second-order valence-corrected chi connectivity index (χ2v) is 3.58. The summed E-state index contributed by atoms with van der Waals surface area (Å²) in [4.78, 5) is 0. The second kappa shape index (κ2) is 4.63. The molecule has 0 aromatic rings. The molecular weight excluding hydrogens is 150 g/mol. The zero-order chi connectivity index (χ0) is 8.97. The molecule has 1 aliphatic rings. The zero-order valence-electron chi connectivity index (χ0n) is 8.10. The molecule has 1 aliphatic carbocycles. The molecular formula is C10H19NO. The van der Waals surface area contributed by atoms with Crippen molar-refractivity contribution in [2.75, 3.05) is 13.2 Å². The minimum absolute atomic E-state index is 0.512. The Balaban J connectivity index is 1.98. The van der Waals surface area contributed by atoms with Crippen LogP contribution in [0.1, 0.15) is 26.7 Å². The highest BCUT2D eigenvalue weighted by Crippen LogP contribution is 2.22. The molecule has 0 unspecified atom stereocenters. The van der Waals surface area contributed by atoms with E-state index in [0.717, 1.165) is 13.2 Å². The molecule has 12 heavy (non-hydrogen) atoms. The smallest absolute Gasteiger partial charge is 0.0604 e. The van der Waals surface area contributed by atoms with Crippen LogP contribution in [0.15, 0.2) is 12.2 Å². The lowest BCUT2D eigenvalue weighted by molar-refractivity contribution is -0.00913. The van der Waals surface area contributed by atoms with Gasteiger partial charge in [-0.05, 0) is 26.7 Å². The molecule has 0 saturated heterocycles. The zero-order valence-corrected chi connectivity index (χ0v) is 8.10. The van der Waals surface area contributed by atoms with Crippen molar-refractivity contribution in [2.24, 2.45) is 0 Å². The van der Waals surface area contributed by atoms with E-state index in [1.807, 2.05) is 6.92 Å². The van der Waals surface area contributed by atoms with E-state index in [1.54, 1.807) is 0 Å². The lowest BCUT2D eigenvalue weighted by atomic mass is 9.89. The van der Waals surface area contributed by atoms with Crippen molar-refractivity contribution in [1.82, 2.24) is 5.32 Å². The molecule has 1 fully saturated rings. The summed E-state index contributed by atoms with van der Waals surface area (Å²) in [6.07, 6.45) is 2.85. The van der Waals surface area contributed by atoms with E-state index >= 15 is 0 Å². The van der Waals surface area contributed by atoms with E-state index in [0.29, 0.717) is 12.1 Å². The van der Waals surface area contributed by atoms with Crippen molar-refractivity contribution in [3.05, 3.63) is 12.2 Å². The average molecular weight is 169 g/mol. The Kier molecular flexibility index (Phi) is 3.76. The third-order valence-electron chi connectivity index (χ3n) is 2.19. The Labute approximate surface area is 75.0 Å². The number of hydrogen-bond donors (Lipinski definition) is 1. The van der Waals surface area contributed by atoms with Gasteiger partial charge in [-0.25, -0.2) is 0 Å². The molecule has 0 aromatic carbocycles. The van der Waals surface area contributed by atoms with Crippen LogP contribution in [0.3, 0.4) is 0 Å². The van der Waals surface area contributed by atoms with Gasteiger partial charge in [0.1, 0.15) is 0 Å². The van der Waals surface area contributed by atoms with Gasteiger partial charge in [-0.3, -0.25) is 0 Å². The van der Waals surface area contributed by atoms with Crippen LogP contribution in [0.4, 0.5) is 0 Å². The first-order valence-electron chi connectivity index (χ1n) is 4.71. The van der Waals surface area contributed by atoms with Crippen molar-refractivity contribution in [3.63, 3.8) is 0 Å². The molecule has 0 aromatic heterocycles. The van der Waals surface area contributed by atoms with Crippen molar-refractivity contribution in [2.45, 2.75) is 38.8 Å². The topological polar surface area (TPSA) is 21.3 Å². The third-order valence-corrected chi connectivity index (χ3v) is 2.19. The Morgan fingerprint density at radius 3 is 2.75 bits per heavy atom. The number of nitrogens with one attached hydrogen (secondary N) is 1. The molecule has 1 rings (SSSR count). The van der Waals surface area contributed by atoms with Gasteiger partial charge in [0.15, 0.2) is 0 Å². The molecule has 2 heteroatoms. The van der Waals surface area contributed by atoms with Crippen LogP contribution in [0.5, 0.6) is 0 Å². The lowest BCUT2D eigenvalue weighted by Gasteiger charge is -2.35. The van der Waals surface area contributed by atoms with Crippen LogP contribution in [0.25, 0.3) is 0 Å². The van der Waals surface area contributed by atoms with Gasteiger partial charge in [0, 0.05) is 19.2 Å². The average Bonchev–Trinajstić information content (AvgIpc) is 1.93. The van der Waals surface area contributed by atoms with E-state index in [-0.39, 0.29) is 0 Å². The number of rotatable bonds is 5. The van der Waals surface area contributed by atoms with Crippen LogP contribution in [-0.2, 0) is 4.74 Å². The molecule has 1 N–H and O–H groups in total. The number of hydrogen-bond acceptors (Lipinski definition) is 2. The summed E-state index contributed by atoms with van der Waals surface area (Å²) >= 11 is 0. The van der Waals surface area contributed by atoms with E-state index in [1.165, 1.54) is 18.4 Å². The highest BCUT2D eigenvalue weighted by atomic mass is 16.5. The van der Waals surface area contributed by atoms with Crippen molar-refractivity contribution in [3.8, 4) is 0 Å². The van der Waals surface area contributed by atoms with E-state index in [4.69, 9.17) is 4.74 Å². The summed E-state index contributed by atoms with van der Waals surface area (Å²) in [5.41, 5.74) is 1.20. The van der Waals surface area contributed by atoms with Gasteiger partial charge in [-0.15, -0.1) is 0 Å². The summed E-state index contributed by atoms with van der Waals surface area (Å²) < 4.78 is 5.45. The van der Waals surface area contributed by atoms with Crippen LogP contribution in [0, 0.1) is 0 Å². The fraction of sp³-hybridized carbons (Fsp3) is 0.800. The van der Waals surface area contributed by atoms with E-state index < -0.39 is 0 Å². The first-order chi connectivity index (χ1) is 5.72. The highest BCUT2D eigenvalue weighted by molar-refractivity contribution is 4.95.